The quantitative estimate of drug-likeness (QED) is 0.728. The van der Waals surface area contributed by atoms with Gasteiger partial charge in [0, 0.05) is 30.5 Å². The summed E-state index contributed by atoms with van der Waals surface area (Å²) in [7, 11) is 0. The summed E-state index contributed by atoms with van der Waals surface area (Å²) in [6, 6.07) is 10.4. The summed E-state index contributed by atoms with van der Waals surface area (Å²) in [4.78, 5) is 7.46. The number of aromatic amines is 1. The zero-order chi connectivity index (χ0) is 12.4. The lowest BCUT2D eigenvalue weighted by Crippen LogP contribution is -2.01. The molecule has 18 heavy (non-hydrogen) atoms. The van der Waals surface area contributed by atoms with Crippen molar-refractivity contribution in [1.82, 2.24) is 14.5 Å². The van der Waals surface area contributed by atoms with Crippen molar-refractivity contribution in [2.24, 2.45) is 0 Å². The van der Waals surface area contributed by atoms with Gasteiger partial charge in [0.15, 0.2) is 4.77 Å². The predicted octanol–water partition coefficient (Wildman–Crippen LogP) is 3.34. The first-order valence-corrected chi connectivity index (χ1v) is 6.32. The molecule has 2 aromatic heterocycles. The van der Waals surface area contributed by atoms with Gasteiger partial charge in [-0.25, -0.2) is 0 Å². The summed E-state index contributed by atoms with van der Waals surface area (Å²) >= 11 is 5.19. The SMILES string of the molecule is S=c1[nH]ccn1CCc1cccc2cccnc12. The third kappa shape index (κ3) is 2.07. The molecular formula is C14H13N3S. The number of pyridine rings is 1. The van der Waals surface area contributed by atoms with Gasteiger partial charge in [-0.15, -0.1) is 0 Å². The van der Waals surface area contributed by atoms with Crippen LogP contribution in [0.4, 0.5) is 0 Å². The number of hydrogen-bond acceptors (Lipinski definition) is 2. The Hall–Kier alpha value is -1.94. The van der Waals surface area contributed by atoms with Crippen LogP contribution in [0, 0.1) is 4.77 Å². The minimum atomic E-state index is 0.767. The first kappa shape index (κ1) is 11.2. The van der Waals surface area contributed by atoms with E-state index in [-0.39, 0.29) is 0 Å². The third-order valence-electron chi connectivity index (χ3n) is 3.06. The van der Waals surface area contributed by atoms with Crippen LogP contribution < -0.4 is 0 Å². The minimum absolute atomic E-state index is 0.767. The van der Waals surface area contributed by atoms with Crippen molar-refractivity contribution in [3.05, 3.63) is 59.3 Å². The van der Waals surface area contributed by atoms with Crippen molar-refractivity contribution >= 4 is 23.1 Å². The van der Waals surface area contributed by atoms with Gasteiger partial charge in [-0.05, 0) is 30.3 Å². The van der Waals surface area contributed by atoms with E-state index in [9.17, 15) is 0 Å². The molecule has 90 valence electrons. The molecule has 1 N–H and O–H groups in total. The highest BCUT2D eigenvalue weighted by Crippen LogP contribution is 2.16. The summed E-state index contributed by atoms with van der Waals surface area (Å²) in [5.41, 5.74) is 2.35. The molecule has 3 rings (SSSR count). The number of rotatable bonds is 3. The summed E-state index contributed by atoms with van der Waals surface area (Å²) < 4.78 is 2.81. The van der Waals surface area contributed by atoms with Crippen molar-refractivity contribution in [3.8, 4) is 0 Å². The highest BCUT2D eigenvalue weighted by atomic mass is 32.1. The monoisotopic (exact) mass is 255 g/mol. The lowest BCUT2D eigenvalue weighted by Gasteiger charge is -2.06. The van der Waals surface area contributed by atoms with Gasteiger partial charge < -0.3 is 9.55 Å². The summed E-state index contributed by atoms with van der Waals surface area (Å²) in [6.07, 6.45) is 6.61. The van der Waals surface area contributed by atoms with E-state index in [4.69, 9.17) is 12.2 Å². The van der Waals surface area contributed by atoms with E-state index >= 15 is 0 Å². The fourth-order valence-electron chi connectivity index (χ4n) is 2.14. The molecule has 0 bridgehead atoms. The van der Waals surface area contributed by atoms with Crippen LogP contribution >= 0.6 is 12.2 Å². The summed E-state index contributed by atoms with van der Waals surface area (Å²) in [6.45, 7) is 0.873. The van der Waals surface area contributed by atoms with E-state index in [0.717, 1.165) is 23.3 Å². The normalized spacial score (nSPS) is 10.9. The Morgan fingerprint density at radius 1 is 1.22 bits per heavy atom. The average molecular weight is 255 g/mol. The number of H-pyrrole nitrogens is 1. The number of para-hydroxylation sites is 1. The Morgan fingerprint density at radius 3 is 2.94 bits per heavy atom. The second kappa shape index (κ2) is 4.74. The van der Waals surface area contributed by atoms with Crippen LogP contribution in [0.3, 0.4) is 0 Å². The second-order valence-corrected chi connectivity index (χ2v) is 4.59. The van der Waals surface area contributed by atoms with Crippen LogP contribution in [-0.2, 0) is 13.0 Å². The molecule has 0 aliphatic rings. The lowest BCUT2D eigenvalue weighted by molar-refractivity contribution is 0.688. The van der Waals surface area contributed by atoms with E-state index in [2.05, 4.69) is 34.2 Å². The van der Waals surface area contributed by atoms with E-state index in [0.29, 0.717) is 0 Å². The molecule has 3 aromatic rings. The fourth-order valence-corrected chi connectivity index (χ4v) is 2.36. The van der Waals surface area contributed by atoms with Gasteiger partial charge in [-0.3, -0.25) is 4.98 Å². The van der Waals surface area contributed by atoms with Crippen molar-refractivity contribution in [2.45, 2.75) is 13.0 Å². The van der Waals surface area contributed by atoms with Crippen LogP contribution in [0.15, 0.2) is 48.9 Å². The van der Waals surface area contributed by atoms with Crippen molar-refractivity contribution in [3.63, 3.8) is 0 Å². The van der Waals surface area contributed by atoms with Gasteiger partial charge in [0.2, 0.25) is 0 Å². The zero-order valence-corrected chi connectivity index (χ0v) is 10.7. The van der Waals surface area contributed by atoms with E-state index in [1.807, 2.05) is 29.2 Å². The van der Waals surface area contributed by atoms with Gasteiger partial charge in [0.1, 0.15) is 0 Å². The summed E-state index contributed by atoms with van der Waals surface area (Å²) in [5, 5.41) is 1.19. The highest BCUT2D eigenvalue weighted by Gasteiger charge is 2.02. The standard InChI is InChI=1S/C14H13N3S/c18-14-16-8-10-17(14)9-6-12-4-1-3-11-5-2-7-15-13(11)12/h1-5,7-8,10H,6,9H2,(H,16,18). The molecule has 0 radical (unpaired) electrons. The van der Waals surface area contributed by atoms with Crippen LogP contribution in [0.2, 0.25) is 0 Å². The number of nitrogens with one attached hydrogen (secondary N) is 1. The first-order valence-electron chi connectivity index (χ1n) is 5.91. The smallest absolute Gasteiger partial charge is 0.177 e. The highest BCUT2D eigenvalue weighted by molar-refractivity contribution is 7.71. The molecule has 0 spiro atoms. The third-order valence-corrected chi connectivity index (χ3v) is 3.41. The van der Waals surface area contributed by atoms with Crippen LogP contribution in [-0.4, -0.2) is 14.5 Å². The largest absolute Gasteiger partial charge is 0.337 e. The van der Waals surface area contributed by atoms with Crippen LogP contribution in [0.5, 0.6) is 0 Å². The van der Waals surface area contributed by atoms with Gasteiger partial charge in [0.25, 0.3) is 0 Å². The molecule has 2 heterocycles. The zero-order valence-electron chi connectivity index (χ0n) is 9.84. The predicted molar refractivity (Wildman–Crippen MR) is 75.1 cm³/mol. The molecule has 0 aliphatic heterocycles. The minimum Gasteiger partial charge on any atom is -0.337 e. The Labute approximate surface area is 110 Å². The molecule has 0 saturated heterocycles. The number of imidazole rings is 1. The molecule has 4 heteroatoms. The number of aryl methyl sites for hydroxylation is 2. The van der Waals surface area contributed by atoms with Crippen molar-refractivity contribution in [1.29, 1.82) is 0 Å². The fraction of sp³-hybridized carbons (Fsp3) is 0.143. The maximum absolute atomic E-state index is 5.19. The number of aromatic nitrogens is 3. The molecule has 0 saturated carbocycles. The Bertz CT molecular complexity index is 721. The molecule has 0 aliphatic carbocycles. The van der Waals surface area contributed by atoms with Gasteiger partial charge in [-0.1, -0.05) is 24.3 Å². The van der Waals surface area contributed by atoms with Gasteiger partial charge >= 0.3 is 0 Å². The molecule has 1 aromatic carbocycles. The molecule has 0 amide bonds. The first-order chi connectivity index (χ1) is 8.84. The Balaban J connectivity index is 1.91. The van der Waals surface area contributed by atoms with Crippen molar-refractivity contribution in [2.75, 3.05) is 0 Å². The number of fused-ring (bicyclic) bond motifs is 1. The summed E-state index contributed by atoms with van der Waals surface area (Å²) in [5.74, 6) is 0. The molecular weight excluding hydrogens is 242 g/mol. The maximum Gasteiger partial charge on any atom is 0.177 e. The topological polar surface area (TPSA) is 33.6 Å². The Morgan fingerprint density at radius 2 is 2.11 bits per heavy atom. The second-order valence-electron chi connectivity index (χ2n) is 4.20. The molecule has 0 atom stereocenters. The molecule has 0 fully saturated rings. The number of nitrogens with zero attached hydrogens (tertiary/aromatic N) is 2. The van der Waals surface area contributed by atoms with E-state index in [1.165, 1.54) is 10.9 Å². The average Bonchev–Trinajstić information content (AvgIpc) is 2.82. The van der Waals surface area contributed by atoms with Crippen LogP contribution in [0.25, 0.3) is 10.9 Å². The van der Waals surface area contributed by atoms with Gasteiger partial charge in [-0.2, -0.15) is 0 Å². The maximum atomic E-state index is 5.19. The Kier molecular flexibility index (Phi) is 2.94. The van der Waals surface area contributed by atoms with Crippen molar-refractivity contribution < 1.29 is 0 Å². The molecule has 0 unspecified atom stereocenters. The van der Waals surface area contributed by atoms with E-state index in [1.54, 1.807) is 0 Å². The molecule has 3 nitrogen and oxygen atoms in total. The number of benzene rings is 1. The lowest BCUT2D eigenvalue weighted by atomic mass is 10.1. The van der Waals surface area contributed by atoms with Crippen LogP contribution in [0.1, 0.15) is 5.56 Å². The van der Waals surface area contributed by atoms with Gasteiger partial charge in [0.05, 0.1) is 5.52 Å². The number of hydrogen-bond donors (Lipinski definition) is 1. The van der Waals surface area contributed by atoms with E-state index < -0.39 is 0 Å².